The lowest BCUT2D eigenvalue weighted by atomic mass is 9.54. The molecule has 3 N–H and O–H groups in total. The molecule has 2 aliphatic carbocycles. The largest absolute Gasteiger partial charge is 0.508 e. The van der Waals surface area contributed by atoms with Crippen molar-refractivity contribution in [3.63, 3.8) is 0 Å². The van der Waals surface area contributed by atoms with E-state index in [9.17, 15) is 20.1 Å². The summed E-state index contributed by atoms with van der Waals surface area (Å²) in [5.41, 5.74) is 5.36. The number of phenols is 2. The Morgan fingerprint density at radius 3 is 2.26 bits per heavy atom. The SMILES string of the molecule is CCO[C@H]1c2c(O)ccc(O)c2C2=C(O)C=CC(=O)[C@@]2(/C=C/c2cc(C)ccc2C)[C@H]1c1cc(C)ccc1C. The number of benzene rings is 3. The highest BCUT2D eigenvalue weighted by Gasteiger charge is 2.58. The quantitative estimate of drug-likeness (QED) is 0.306. The van der Waals surface area contributed by atoms with Gasteiger partial charge in [0.2, 0.25) is 0 Å². The average molecular weight is 523 g/mol. The van der Waals surface area contributed by atoms with Crippen molar-refractivity contribution in [3.05, 3.63) is 117 Å². The maximum Gasteiger partial charge on any atom is 0.171 e. The minimum atomic E-state index is -1.42. The molecule has 0 unspecified atom stereocenters. The molecule has 0 radical (unpaired) electrons. The Balaban J connectivity index is 1.95. The summed E-state index contributed by atoms with van der Waals surface area (Å²) in [6, 6.07) is 15.0. The molecule has 0 spiro atoms. The van der Waals surface area contributed by atoms with Gasteiger partial charge in [-0.1, -0.05) is 59.7 Å². The zero-order chi connectivity index (χ0) is 28.1. The molecule has 0 fully saturated rings. The first-order chi connectivity index (χ1) is 18.6. The average Bonchev–Trinajstić information content (AvgIpc) is 2.90. The van der Waals surface area contributed by atoms with Gasteiger partial charge in [-0.05, 0) is 81.2 Å². The molecule has 5 rings (SSSR count). The third kappa shape index (κ3) is 4.18. The van der Waals surface area contributed by atoms with Crippen LogP contribution in [-0.4, -0.2) is 27.7 Å². The molecule has 0 amide bonds. The van der Waals surface area contributed by atoms with Crippen LogP contribution in [0.4, 0.5) is 0 Å². The van der Waals surface area contributed by atoms with Gasteiger partial charge in [-0.2, -0.15) is 0 Å². The van der Waals surface area contributed by atoms with E-state index in [1.165, 1.54) is 24.3 Å². The minimum absolute atomic E-state index is 0.0639. The van der Waals surface area contributed by atoms with E-state index in [2.05, 4.69) is 6.07 Å². The Morgan fingerprint density at radius 1 is 0.872 bits per heavy atom. The van der Waals surface area contributed by atoms with Crippen LogP contribution in [0.15, 0.2) is 72.5 Å². The molecule has 0 saturated carbocycles. The van der Waals surface area contributed by atoms with Crippen molar-refractivity contribution >= 4 is 17.4 Å². The van der Waals surface area contributed by atoms with Gasteiger partial charge in [-0.3, -0.25) is 4.79 Å². The number of ether oxygens (including phenoxy) is 1. The molecule has 3 atom stereocenters. The number of aromatic hydroxyl groups is 2. The smallest absolute Gasteiger partial charge is 0.171 e. The predicted molar refractivity (Wildman–Crippen MR) is 154 cm³/mol. The molecule has 5 nitrogen and oxygen atoms in total. The van der Waals surface area contributed by atoms with Crippen LogP contribution in [0.3, 0.4) is 0 Å². The summed E-state index contributed by atoms with van der Waals surface area (Å²) in [5, 5.41) is 33.7. The number of rotatable bonds is 5. The van der Waals surface area contributed by atoms with Gasteiger partial charge in [0, 0.05) is 29.2 Å². The van der Waals surface area contributed by atoms with Crippen LogP contribution in [0.1, 0.15) is 63.5 Å². The molecule has 0 bridgehead atoms. The third-order valence-electron chi connectivity index (χ3n) is 8.07. The van der Waals surface area contributed by atoms with E-state index < -0.39 is 17.4 Å². The summed E-state index contributed by atoms with van der Waals surface area (Å²) in [6.07, 6.45) is 5.78. The predicted octanol–water partition coefficient (Wildman–Crippen LogP) is 7.31. The molecule has 0 heterocycles. The number of carbonyl (C=O) groups excluding carboxylic acids is 1. The Hall–Kier alpha value is -4.09. The summed E-state index contributed by atoms with van der Waals surface area (Å²) >= 11 is 0. The van der Waals surface area contributed by atoms with Crippen LogP contribution < -0.4 is 0 Å². The van der Waals surface area contributed by atoms with Gasteiger partial charge < -0.3 is 20.1 Å². The van der Waals surface area contributed by atoms with Gasteiger partial charge in [0.15, 0.2) is 5.78 Å². The second kappa shape index (κ2) is 9.90. The maximum atomic E-state index is 14.3. The van der Waals surface area contributed by atoms with Gasteiger partial charge in [0.25, 0.3) is 0 Å². The van der Waals surface area contributed by atoms with Gasteiger partial charge in [-0.15, -0.1) is 0 Å². The number of allylic oxidation sites excluding steroid dienone is 4. The number of aryl methyl sites for hydroxylation is 4. The molecule has 5 heteroatoms. The summed E-state index contributed by atoms with van der Waals surface area (Å²) < 4.78 is 6.37. The van der Waals surface area contributed by atoms with Crippen molar-refractivity contribution in [1.29, 1.82) is 0 Å². The normalized spacial score (nSPS) is 22.3. The van der Waals surface area contributed by atoms with Crippen LogP contribution >= 0.6 is 0 Å². The molecular weight excluding hydrogens is 488 g/mol. The van der Waals surface area contributed by atoms with Crippen molar-refractivity contribution in [2.45, 2.75) is 46.6 Å². The topological polar surface area (TPSA) is 87.0 Å². The number of hydrogen-bond donors (Lipinski definition) is 3. The Labute approximate surface area is 229 Å². The molecule has 3 aromatic carbocycles. The van der Waals surface area contributed by atoms with Crippen LogP contribution in [0, 0.1) is 33.1 Å². The number of fused-ring (bicyclic) bond motifs is 3. The van der Waals surface area contributed by atoms with Gasteiger partial charge in [0.05, 0.1) is 11.5 Å². The molecule has 2 aliphatic rings. The number of carbonyl (C=O) groups is 1. The highest BCUT2D eigenvalue weighted by Crippen LogP contribution is 2.65. The fourth-order valence-electron chi connectivity index (χ4n) is 6.20. The van der Waals surface area contributed by atoms with E-state index in [1.54, 1.807) is 0 Å². The molecule has 0 aliphatic heterocycles. The highest BCUT2D eigenvalue weighted by molar-refractivity contribution is 6.12. The lowest BCUT2D eigenvalue weighted by molar-refractivity contribution is -0.122. The lowest BCUT2D eigenvalue weighted by Gasteiger charge is -2.49. The molecule has 200 valence electrons. The molecule has 39 heavy (non-hydrogen) atoms. The number of aliphatic hydroxyl groups is 1. The first-order valence-corrected chi connectivity index (χ1v) is 13.3. The second-order valence-corrected chi connectivity index (χ2v) is 10.6. The zero-order valence-corrected chi connectivity index (χ0v) is 22.9. The van der Waals surface area contributed by atoms with Crippen molar-refractivity contribution < 1.29 is 24.9 Å². The van der Waals surface area contributed by atoms with Gasteiger partial charge in [0.1, 0.15) is 17.3 Å². The Kier molecular flexibility index (Phi) is 6.73. The molecular formula is C34H34O5. The maximum absolute atomic E-state index is 14.3. The lowest BCUT2D eigenvalue weighted by Crippen LogP contribution is -2.45. The van der Waals surface area contributed by atoms with E-state index in [4.69, 9.17) is 4.74 Å². The first kappa shape index (κ1) is 26.5. The number of hydrogen-bond acceptors (Lipinski definition) is 5. The summed E-state index contributed by atoms with van der Waals surface area (Å²) in [7, 11) is 0. The van der Waals surface area contributed by atoms with Crippen LogP contribution in [0.5, 0.6) is 11.5 Å². The number of ketones is 1. The minimum Gasteiger partial charge on any atom is -0.508 e. The van der Waals surface area contributed by atoms with Gasteiger partial charge in [-0.25, -0.2) is 0 Å². The summed E-state index contributed by atoms with van der Waals surface area (Å²) in [6.45, 7) is 10.2. The molecule has 0 aromatic heterocycles. The van der Waals surface area contributed by atoms with E-state index >= 15 is 0 Å². The van der Waals surface area contributed by atoms with Crippen molar-refractivity contribution in [2.75, 3.05) is 6.61 Å². The third-order valence-corrected chi connectivity index (χ3v) is 8.07. The second-order valence-electron chi connectivity index (χ2n) is 10.6. The standard InChI is InChI=1S/C34H34O5/c1-6-39-33-30-26(36)12-11-25(35)29(30)32-27(37)13-14-28(38)34(32,16-15-23-17-19(2)7-9-21(23)4)31(33)24-18-20(3)8-10-22(24)5/h7-18,31,33,35-37H,6H2,1-5H3/b16-15+/t31-,33-,34-/m0/s1. The number of phenolic OH excluding ortho intramolecular Hbond substituents is 2. The first-order valence-electron chi connectivity index (χ1n) is 13.3. The molecule has 0 saturated heterocycles. The Bertz CT molecular complexity index is 1570. The van der Waals surface area contributed by atoms with Crippen molar-refractivity contribution in [3.8, 4) is 11.5 Å². The fourth-order valence-corrected chi connectivity index (χ4v) is 6.20. The van der Waals surface area contributed by atoms with Crippen LogP contribution in [0.2, 0.25) is 0 Å². The van der Waals surface area contributed by atoms with Crippen molar-refractivity contribution in [1.82, 2.24) is 0 Å². The van der Waals surface area contributed by atoms with E-state index in [0.717, 1.165) is 33.4 Å². The molecule has 3 aromatic rings. The summed E-state index contributed by atoms with van der Waals surface area (Å²) in [4.78, 5) is 14.3. The van der Waals surface area contributed by atoms with Crippen LogP contribution in [0.25, 0.3) is 11.6 Å². The zero-order valence-electron chi connectivity index (χ0n) is 22.9. The monoisotopic (exact) mass is 522 g/mol. The Morgan fingerprint density at radius 2 is 1.54 bits per heavy atom. The number of aliphatic hydroxyl groups excluding tert-OH is 1. The van der Waals surface area contributed by atoms with E-state index in [-0.39, 0.29) is 34.2 Å². The summed E-state index contributed by atoms with van der Waals surface area (Å²) in [5.74, 6) is -1.21. The van der Waals surface area contributed by atoms with E-state index in [0.29, 0.717) is 12.2 Å². The van der Waals surface area contributed by atoms with E-state index in [1.807, 2.05) is 77.1 Å². The van der Waals surface area contributed by atoms with Crippen molar-refractivity contribution in [2.24, 2.45) is 5.41 Å². The fraction of sp³-hybridized carbons (Fsp3) is 0.265. The highest BCUT2D eigenvalue weighted by atomic mass is 16.5. The van der Waals surface area contributed by atoms with Crippen LogP contribution in [-0.2, 0) is 9.53 Å². The van der Waals surface area contributed by atoms with Gasteiger partial charge >= 0.3 is 0 Å².